The number of non-ortho nitro benzene ring substituents is 1. The fourth-order valence-electron chi connectivity index (χ4n) is 2.19. The quantitative estimate of drug-likeness (QED) is 0.415. The third-order valence-electron chi connectivity index (χ3n) is 3.63. The van der Waals surface area contributed by atoms with Crippen LogP contribution in [0.2, 0.25) is 0 Å². The van der Waals surface area contributed by atoms with E-state index in [0.29, 0.717) is 11.1 Å². The van der Waals surface area contributed by atoms with Crippen molar-refractivity contribution in [3.05, 3.63) is 56.1 Å². The van der Waals surface area contributed by atoms with Crippen LogP contribution >= 0.6 is 15.9 Å². The van der Waals surface area contributed by atoms with Gasteiger partial charge in [0.05, 0.1) is 20.0 Å². The Balaban J connectivity index is 2.59. The highest BCUT2D eigenvalue weighted by Gasteiger charge is 2.27. The van der Waals surface area contributed by atoms with Crippen LogP contribution in [0.1, 0.15) is 20.8 Å². The van der Waals surface area contributed by atoms with E-state index >= 15 is 0 Å². The molecular formula is C16H15BrN2O5S. The second kappa shape index (κ2) is 7.01. The zero-order valence-corrected chi connectivity index (χ0v) is 16.1. The van der Waals surface area contributed by atoms with Crippen molar-refractivity contribution in [1.29, 1.82) is 0 Å². The molecule has 7 nitrogen and oxygen atoms in total. The molecule has 0 bridgehead atoms. The predicted octanol–water partition coefficient (Wildman–Crippen LogP) is 3.56. The van der Waals surface area contributed by atoms with E-state index in [1.807, 2.05) is 13.8 Å². The first-order valence-electron chi connectivity index (χ1n) is 7.27. The average Bonchev–Trinajstić information content (AvgIpc) is 2.55. The molecule has 0 heterocycles. The van der Waals surface area contributed by atoms with Gasteiger partial charge in [-0.1, -0.05) is 19.9 Å². The van der Waals surface area contributed by atoms with E-state index in [1.165, 1.54) is 24.3 Å². The molecule has 1 aliphatic rings. The molecule has 1 aromatic carbocycles. The lowest BCUT2D eigenvalue weighted by Gasteiger charge is -2.18. The number of nitrogens with zero attached hydrogens (tertiary/aromatic N) is 2. The maximum absolute atomic E-state index is 12.5. The van der Waals surface area contributed by atoms with Crippen molar-refractivity contribution < 1.29 is 18.1 Å². The van der Waals surface area contributed by atoms with Crippen LogP contribution < -0.4 is 0 Å². The molecule has 0 spiro atoms. The molecule has 0 unspecified atom stereocenters. The summed E-state index contributed by atoms with van der Waals surface area (Å²) in [7, 11) is -4.17. The highest BCUT2D eigenvalue weighted by molar-refractivity contribution is 9.12. The number of hydrogen-bond donors (Lipinski definition) is 0. The van der Waals surface area contributed by atoms with Gasteiger partial charge in [0.1, 0.15) is 0 Å². The topological polar surface area (TPSA) is 107 Å². The molecular weight excluding hydrogens is 412 g/mol. The summed E-state index contributed by atoms with van der Waals surface area (Å²) >= 11 is 3.19. The lowest BCUT2D eigenvalue weighted by atomic mass is 9.90. The third-order valence-corrected chi connectivity index (χ3v) is 5.88. The number of ketones is 1. The van der Waals surface area contributed by atoms with Crippen molar-refractivity contribution in [2.75, 3.05) is 0 Å². The van der Waals surface area contributed by atoms with Gasteiger partial charge in [-0.25, -0.2) is 0 Å². The van der Waals surface area contributed by atoms with Crippen LogP contribution in [0.4, 0.5) is 5.69 Å². The molecule has 0 N–H and O–H groups in total. The molecule has 2 rings (SSSR count). The highest BCUT2D eigenvalue weighted by atomic mass is 79.9. The smallest absolute Gasteiger partial charge is 0.283 e. The van der Waals surface area contributed by atoms with Crippen LogP contribution in [0.25, 0.3) is 0 Å². The van der Waals surface area contributed by atoms with Gasteiger partial charge in [0.2, 0.25) is 0 Å². The van der Waals surface area contributed by atoms with Gasteiger partial charge in [0.15, 0.2) is 5.78 Å². The summed E-state index contributed by atoms with van der Waals surface area (Å²) in [5.41, 5.74) is 0.613. The minimum Gasteiger partial charge on any atom is -0.288 e. The Morgan fingerprint density at radius 3 is 2.48 bits per heavy atom. The van der Waals surface area contributed by atoms with E-state index in [0.717, 1.165) is 6.07 Å². The zero-order chi connectivity index (χ0) is 18.9. The Labute approximate surface area is 153 Å². The van der Waals surface area contributed by atoms with Crippen LogP contribution in [-0.2, 0) is 14.8 Å². The number of nitro groups is 1. The predicted molar refractivity (Wildman–Crippen MR) is 97.3 cm³/mol. The third kappa shape index (κ3) is 3.93. The standard InChI is InChI=1S/C16H15BrN2O5S/c1-9(2)13-8-14(10(3)15(17)16(13)20)18-25(23,24)12-6-4-5-11(7-12)19(21)22/h4-9H,1-3H3/b18-14+. The van der Waals surface area contributed by atoms with Gasteiger partial charge in [-0.3, -0.25) is 14.9 Å². The first-order chi connectivity index (χ1) is 11.5. The Bertz CT molecular complexity index is 958. The number of halogens is 1. The number of benzene rings is 1. The largest absolute Gasteiger partial charge is 0.288 e. The van der Waals surface area contributed by atoms with E-state index in [9.17, 15) is 23.3 Å². The lowest BCUT2D eigenvalue weighted by Crippen LogP contribution is -2.19. The van der Waals surface area contributed by atoms with E-state index < -0.39 is 14.9 Å². The summed E-state index contributed by atoms with van der Waals surface area (Å²) < 4.78 is 29.1. The molecule has 9 heteroatoms. The minimum absolute atomic E-state index is 0.112. The molecule has 0 aromatic heterocycles. The second-order valence-electron chi connectivity index (χ2n) is 5.73. The van der Waals surface area contributed by atoms with Gasteiger partial charge in [-0.05, 0) is 46.5 Å². The summed E-state index contributed by atoms with van der Waals surface area (Å²) in [5.74, 6) is -0.321. The first-order valence-corrected chi connectivity index (χ1v) is 9.50. The zero-order valence-electron chi connectivity index (χ0n) is 13.7. The summed E-state index contributed by atoms with van der Waals surface area (Å²) in [6.07, 6.45) is 1.45. The number of sulfonamides is 1. The average molecular weight is 427 g/mol. The normalized spacial score (nSPS) is 17.2. The first kappa shape index (κ1) is 19.2. The molecule has 1 aliphatic carbocycles. The number of allylic oxidation sites excluding steroid dienone is 4. The van der Waals surface area contributed by atoms with Crippen molar-refractivity contribution in [2.24, 2.45) is 10.3 Å². The second-order valence-corrected chi connectivity index (χ2v) is 8.13. The molecule has 1 aromatic rings. The van der Waals surface area contributed by atoms with Crippen molar-refractivity contribution in [1.82, 2.24) is 0 Å². The van der Waals surface area contributed by atoms with Crippen molar-refractivity contribution >= 4 is 43.1 Å². The Kier molecular flexibility index (Phi) is 5.38. The maximum atomic E-state index is 12.5. The molecule has 0 radical (unpaired) electrons. The van der Waals surface area contributed by atoms with Gasteiger partial charge in [-0.15, -0.1) is 0 Å². The molecule has 25 heavy (non-hydrogen) atoms. The van der Waals surface area contributed by atoms with Gasteiger partial charge in [0, 0.05) is 17.7 Å². The number of hydrogen-bond acceptors (Lipinski definition) is 5. The SMILES string of the molecule is CC1=C(Br)C(=O)C(C(C)C)=C/C1=N\S(=O)(=O)c1cccc([N+](=O)[O-])c1. The van der Waals surface area contributed by atoms with E-state index in [-0.39, 0.29) is 32.5 Å². The minimum atomic E-state index is -4.17. The molecule has 0 saturated heterocycles. The van der Waals surface area contributed by atoms with Crippen LogP contribution in [0.3, 0.4) is 0 Å². The molecule has 0 atom stereocenters. The Hall–Kier alpha value is -2.13. The monoisotopic (exact) mass is 426 g/mol. The number of carbonyl (C=O) groups excluding carboxylic acids is 1. The molecule has 0 saturated carbocycles. The van der Waals surface area contributed by atoms with Crippen LogP contribution in [-0.4, -0.2) is 24.8 Å². The lowest BCUT2D eigenvalue weighted by molar-refractivity contribution is -0.385. The van der Waals surface area contributed by atoms with Crippen molar-refractivity contribution in [2.45, 2.75) is 25.7 Å². The van der Waals surface area contributed by atoms with Gasteiger partial charge < -0.3 is 0 Å². The number of carbonyl (C=O) groups is 1. The summed E-state index contributed by atoms with van der Waals surface area (Å²) in [4.78, 5) is 22.1. The van der Waals surface area contributed by atoms with Crippen LogP contribution in [0.15, 0.2) is 55.3 Å². The highest BCUT2D eigenvalue weighted by Crippen LogP contribution is 2.29. The number of nitro benzene ring substituents is 1. The number of rotatable bonds is 4. The van der Waals surface area contributed by atoms with E-state index in [2.05, 4.69) is 20.3 Å². The fraction of sp³-hybridized carbons (Fsp3) is 0.250. The van der Waals surface area contributed by atoms with E-state index in [1.54, 1.807) is 6.92 Å². The van der Waals surface area contributed by atoms with Gasteiger partial charge in [-0.2, -0.15) is 12.8 Å². The van der Waals surface area contributed by atoms with Crippen molar-refractivity contribution in [3.8, 4) is 0 Å². The Morgan fingerprint density at radius 2 is 1.92 bits per heavy atom. The van der Waals surface area contributed by atoms with E-state index in [4.69, 9.17) is 0 Å². The molecule has 132 valence electrons. The fourth-order valence-corrected chi connectivity index (χ4v) is 3.70. The summed E-state index contributed by atoms with van der Waals surface area (Å²) in [5, 5.41) is 10.8. The molecule has 0 amide bonds. The van der Waals surface area contributed by atoms with Gasteiger partial charge in [0.25, 0.3) is 15.7 Å². The van der Waals surface area contributed by atoms with Crippen LogP contribution in [0, 0.1) is 16.0 Å². The number of Topliss-reactive ketones (excluding diaryl/α,β-unsaturated/α-hetero) is 1. The van der Waals surface area contributed by atoms with Crippen molar-refractivity contribution in [3.63, 3.8) is 0 Å². The van der Waals surface area contributed by atoms with Crippen LogP contribution in [0.5, 0.6) is 0 Å². The molecule has 0 fully saturated rings. The van der Waals surface area contributed by atoms with Gasteiger partial charge >= 0.3 is 0 Å². The summed E-state index contributed by atoms with van der Waals surface area (Å²) in [6.45, 7) is 5.21. The summed E-state index contributed by atoms with van der Waals surface area (Å²) in [6, 6.07) is 4.67. The maximum Gasteiger partial charge on any atom is 0.283 e. The Morgan fingerprint density at radius 1 is 1.28 bits per heavy atom. The molecule has 0 aliphatic heterocycles.